The number of rotatable bonds is 5. The van der Waals surface area contributed by atoms with Crippen LogP contribution < -0.4 is 0 Å². The van der Waals surface area contributed by atoms with E-state index in [0.717, 1.165) is 12.1 Å². The maximum atomic E-state index is 13.2. The number of ether oxygens (including phenoxy) is 1. The Morgan fingerprint density at radius 3 is 2.53 bits per heavy atom. The predicted molar refractivity (Wildman–Crippen MR) is 59.3 cm³/mol. The zero-order chi connectivity index (χ0) is 12.7. The summed E-state index contributed by atoms with van der Waals surface area (Å²) >= 11 is 0. The van der Waals surface area contributed by atoms with E-state index >= 15 is 0 Å². The van der Waals surface area contributed by atoms with Crippen molar-refractivity contribution in [3.05, 3.63) is 35.4 Å². The molecule has 0 aliphatic carbocycles. The number of hydrogen-bond acceptors (Lipinski definition) is 2. The SMILES string of the molecule is C#CCCCCOC(=O)c1c(F)cccc1F. The van der Waals surface area contributed by atoms with E-state index in [0.29, 0.717) is 19.3 Å². The molecule has 4 heteroatoms. The first kappa shape index (κ1) is 13.2. The van der Waals surface area contributed by atoms with Crippen molar-refractivity contribution in [1.29, 1.82) is 0 Å². The lowest BCUT2D eigenvalue weighted by Crippen LogP contribution is -2.11. The molecule has 1 aromatic rings. The summed E-state index contributed by atoms with van der Waals surface area (Å²) in [6, 6.07) is 3.21. The average Bonchev–Trinajstić information content (AvgIpc) is 2.28. The predicted octanol–water partition coefficient (Wildman–Crippen LogP) is 2.93. The molecule has 17 heavy (non-hydrogen) atoms. The fourth-order valence-corrected chi connectivity index (χ4v) is 1.26. The van der Waals surface area contributed by atoms with E-state index in [4.69, 9.17) is 11.2 Å². The van der Waals surface area contributed by atoms with E-state index in [1.54, 1.807) is 0 Å². The van der Waals surface area contributed by atoms with Gasteiger partial charge in [0.15, 0.2) is 0 Å². The highest BCUT2D eigenvalue weighted by Gasteiger charge is 2.17. The number of carbonyl (C=O) groups excluding carboxylic acids is 1. The Labute approximate surface area is 98.6 Å². The van der Waals surface area contributed by atoms with Crippen molar-refractivity contribution < 1.29 is 18.3 Å². The largest absolute Gasteiger partial charge is 0.462 e. The van der Waals surface area contributed by atoms with Crippen molar-refractivity contribution in [3.63, 3.8) is 0 Å². The average molecular weight is 238 g/mol. The first-order valence-corrected chi connectivity index (χ1v) is 5.21. The van der Waals surface area contributed by atoms with Gasteiger partial charge in [-0.3, -0.25) is 0 Å². The maximum absolute atomic E-state index is 13.2. The van der Waals surface area contributed by atoms with Gasteiger partial charge in [0.2, 0.25) is 0 Å². The molecule has 0 fully saturated rings. The minimum absolute atomic E-state index is 0.105. The molecule has 0 unspecified atom stereocenters. The molecule has 2 nitrogen and oxygen atoms in total. The molecule has 0 aliphatic rings. The Hall–Kier alpha value is -1.89. The number of esters is 1. The van der Waals surface area contributed by atoms with Crippen LogP contribution in [0.1, 0.15) is 29.6 Å². The molecule has 0 bridgehead atoms. The molecule has 0 atom stereocenters. The fourth-order valence-electron chi connectivity index (χ4n) is 1.26. The molecular weight excluding hydrogens is 226 g/mol. The fraction of sp³-hybridized carbons (Fsp3) is 0.308. The van der Waals surface area contributed by atoms with E-state index in [9.17, 15) is 13.6 Å². The van der Waals surface area contributed by atoms with Gasteiger partial charge in [-0.25, -0.2) is 13.6 Å². The van der Waals surface area contributed by atoms with Crippen molar-refractivity contribution in [1.82, 2.24) is 0 Å². The van der Waals surface area contributed by atoms with Gasteiger partial charge in [-0.1, -0.05) is 6.07 Å². The van der Waals surface area contributed by atoms with Crippen LogP contribution in [0.15, 0.2) is 18.2 Å². The highest BCUT2D eigenvalue weighted by Crippen LogP contribution is 2.13. The zero-order valence-corrected chi connectivity index (χ0v) is 9.21. The van der Waals surface area contributed by atoms with Crippen LogP contribution in [-0.2, 0) is 4.74 Å². The number of hydrogen-bond donors (Lipinski definition) is 0. The van der Waals surface area contributed by atoms with Gasteiger partial charge in [-0.2, -0.15) is 0 Å². The summed E-state index contributed by atoms with van der Waals surface area (Å²) < 4.78 is 31.1. The van der Waals surface area contributed by atoms with Gasteiger partial charge < -0.3 is 4.74 Å². The summed E-state index contributed by atoms with van der Waals surface area (Å²) in [7, 11) is 0. The third kappa shape index (κ3) is 3.87. The molecule has 0 heterocycles. The van der Waals surface area contributed by atoms with Crippen LogP contribution in [0.3, 0.4) is 0 Å². The number of carbonyl (C=O) groups is 1. The third-order valence-corrected chi connectivity index (χ3v) is 2.12. The summed E-state index contributed by atoms with van der Waals surface area (Å²) in [4.78, 5) is 11.4. The van der Waals surface area contributed by atoms with E-state index in [2.05, 4.69) is 5.92 Å². The van der Waals surface area contributed by atoms with Crippen LogP contribution in [0.4, 0.5) is 8.78 Å². The standard InChI is InChI=1S/C13H12F2O2/c1-2-3-4-5-9-17-13(16)12-10(14)7-6-8-11(12)15/h1,6-8H,3-5,9H2. The number of benzene rings is 1. The van der Waals surface area contributed by atoms with Crippen molar-refractivity contribution in [2.24, 2.45) is 0 Å². The van der Waals surface area contributed by atoms with Crippen molar-refractivity contribution in [3.8, 4) is 12.3 Å². The van der Waals surface area contributed by atoms with Crippen LogP contribution in [0, 0.1) is 24.0 Å². The van der Waals surface area contributed by atoms with E-state index in [1.165, 1.54) is 6.07 Å². The van der Waals surface area contributed by atoms with Gasteiger partial charge in [0.1, 0.15) is 17.2 Å². The summed E-state index contributed by atoms with van der Waals surface area (Å²) in [5.74, 6) is -0.376. The van der Waals surface area contributed by atoms with Gasteiger partial charge in [0.25, 0.3) is 0 Å². The second-order valence-electron chi connectivity index (χ2n) is 3.39. The lowest BCUT2D eigenvalue weighted by atomic mass is 10.2. The number of halogens is 2. The van der Waals surface area contributed by atoms with Crippen molar-refractivity contribution >= 4 is 5.97 Å². The first-order valence-electron chi connectivity index (χ1n) is 5.21. The van der Waals surface area contributed by atoms with Gasteiger partial charge in [0, 0.05) is 6.42 Å². The van der Waals surface area contributed by atoms with Crippen molar-refractivity contribution in [2.45, 2.75) is 19.3 Å². The smallest absolute Gasteiger partial charge is 0.344 e. The summed E-state index contributed by atoms with van der Waals surface area (Å²) in [5, 5.41) is 0. The third-order valence-electron chi connectivity index (χ3n) is 2.12. The van der Waals surface area contributed by atoms with Gasteiger partial charge in [-0.05, 0) is 25.0 Å². The molecular formula is C13H12F2O2. The second kappa shape index (κ2) is 6.64. The van der Waals surface area contributed by atoms with Crippen LogP contribution in [0.5, 0.6) is 0 Å². The molecule has 1 rings (SSSR count). The van der Waals surface area contributed by atoms with Gasteiger partial charge >= 0.3 is 5.97 Å². The molecule has 0 spiro atoms. The molecule has 0 saturated heterocycles. The van der Waals surface area contributed by atoms with Crippen molar-refractivity contribution in [2.75, 3.05) is 6.61 Å². The molecule has 0 N–H and O–H groups in total. The Bertz CT molecular complexity index is 415. The monoisotopic (exact) mass is 238 g/mol. The number of terminal acetylenes is 1. The maximum Gasteiger partial charge on any atom is 0.344 e. The lowest BCUT2D eigenvalue weighted by Gasteiger charge is -2.05. The molecule has 0 aliphatic heterocycles. The van der Waals surface area contributed by atoms with Crippen LogP contribution in [0.25, 0.3) is 0 Å². The zero-order valence-electron chi connectivity index (χ0n) is 9.21. The molecule has 90 valence electrons. The Morgan fingerprint density at radius 1 is 1.29 bits per heavy atom. The molecule has 0 amide bonds. The minimum Gasteiger partial charge on any atom is -0.462 e. The first-order chi connectivity index (χ1) is 8.16. The summed E-state index contributed by atoms with van der Waals surface area (Å²) in [6.45, 7) is 0.105. The van der Waals surface area contributed by atoms with Crippen LogP contribution in [0.2, 0.25) is 0 Å². The number of unbranched alkanes of at least 4 members (excludes halogenated alkanes) is 2. The molecule has 1 aromatic carbocycles. The topological polar surface area (TPSA) is 26.3 Å². The molecule has 0 radical (unpaired) electrons. The van der Waals surface area contributed by atoms with Gasteiger partial charge in [-0.15, -0.1) is 12.3 Å². The quantitative estimate of drug-likeness (QED) is 0.448. The van der Waals surface area contributed by atoms with Crippen LogP contribution >= 0.6 is 0 Å². The molecule has 0 aromatic heterocycles. The van der Waals surface area contributed by atoms with E-state index < -0.39 is 23.2 Å². The lowest BCUT2D eigenvalue weighted by molar-refractivity contribution is 0.0487. The Balaban J connectivity index is 2.51. The normalized spacial score (nSPS) is 9.71. The second-order valence-corrected chi connectivity index (χ2v) is 3.39. The molecule has 0 saturated carbocycles. The Morgan fingerprint density at radius 2 is 1.94 bits per heavy atom. The highest BCUT2D eigenvalue weighted by atomic mass is 19.1. The van der Waals surface area contributed by atoms with Crippen LogP contribution in [-0.4, -0.2) is 12.6 Å². The van der Waals surface area contributed by atoms with Gasteiger partial charge in [0.05, 0.1) is 6.61 Å². The minimum atomic E-state index is -0.985. The summed E-state index contributed by atoms with van der Waals surface area (Å²) in [5.41, 5.74) is -0.649. The van der Waals surface area contributed by atoms with E-state index in [1.807, 2.05) is 0 Å². The van der Waals surface area contributed by atoms with E-state index in [-0.39, 0.29) is 6.61 Å². The Kier molecular flexibility index (Phi) is 5.15. The highest BCUT2D eigenvalue weighted by molar-refractivity contribution is 5.89. The summed E-state index contributed by atoms with van der Waals surface area (Å²) in [6.07, 6.45) is 6.92.